The van der Waals surface area contributed by atoms with E-state index in [1.54, 1.807) is 24.7 Å². The van der Waals surface area contributed by atoms with E-state index in [4.69, 9.17) is 9.47 Å². The molecule has 0 aliphatic carbocycles. The standard InChI is InChI=1S/C17H21N3O4/c1-11-7-5-6-8-14(11)23-10-16(22)24-9-15(21)18-17-12(2)19-20(4)13(17)3/h5-8H,9-10H2,1-4H3,(H,18,21). The first-order valence-electron chi connectivity index (χ1n) is 7.52. The third kappa shape index (κ3) is 4.34. The molecule has 7 nitrogen and oxygen atoms in total. The average molecular weight is 331 g/mol. The van der Waals surface area contributed by atoms with Crippen LogP contribution in [0.25, 0.3) is 0 Å². The van der Waals surface area contributed by atoms with E-state index in [-0.39, 0.29) is 13.2 Å². The monoisotopic (exact) mass is 331 g/mol. The van der Waals surface area contributed by atoms with E-state index in [2.05, 4.69) is 10.4 Å². The number of hydrogen-bond donors (Lipinski definition) is 1. The summed E-state index contributed by atoms with van der Waals surface area (Å²) < 4.78 is 12.0. The second-order valence-electron chi connectivity index (χ2n) is 5.43. The summed E-state index contributed by atoms with van der Waals surface area (Å²) in [6.07, 6.45) is 0. The number of aromatic nitrogens is 2. The molecule has 2 rings (SSSR count). The maximum atomic E-state index is 11.9. The van der Waals surface area contributed by atoms with Crippen LogP contribution in [-0.2, 0) is 21.4 Å². The van der Waals surface area contributed by atoms with Crippen LogP contribution in [0.3, 0.4) is 0 Å². The van der Waals surface area contributed by atoms with Gasteiger partial charge in [-0.25, -0.2) is 4.79 Å². The number of aryl methyl sites for hydroxylation is 3. The molecule has 2 aromatic rings. The van der Waals surface area contributed by atoms with Gasteiger partial charge in [-0.3, -0.25) is 9.48 Å². The quantitative estimate of drug-likeness (QED) is 0.818. The highest BCUT2D eigenvalue weighted by Gasteiger charge is 2.14. The lowest BCUT2D eigenvalue weighted by molar-refractivity contribution is -0.149. The Morgan fingerprint density at radius 3 is 2.50 bits per heavy atom. The predicted octanol–water partition coefficient (Wildman–Crippen LogP) is 1.91. The minimum atomic E-state index is -0.604. The van der Waals surface area contributed by atoms with Gasteiger partial charge in [-0.05, 0) is 32.4 Å². The number of nitrogens with zero attached hydrogens (tertiary/aromatic N) is 2. The van der Waals surface area contributed by atoms with E-state index in [1.165, 1.54) is 0 Å². The minimum absolute atomic E-state index is 0.247. The average Bonchev–Trinajstić information content (AvgIpc) is 2.78. The topological polar surface area (TPSA) is 82.4 Å². The fourth-order valence-electron chi connectivity index (χ4n) is 2.17. The van der Waals surface area contributed by atoms with Gasteiger partial charge in [0, 0.05) is 7.05 Å². The highest BCUT2D eigenvalue weighted by Crippen LogP contribution is 2.18. The fourth-order valence-corrected chi connectivity index (χ4v) is 2.17. The molecule has 0 spiro atoms. The zero-order chi connectivity index (χ0) is 17.7. The van der Waals surface area contributed by atoms with Gasteiger partial charge in [-0.1, -0.05) is 18.2 Å². The number of esters is 1. The van der Waals surface area contributed by atoms with Crippen molar-refractivity contribution in [1.82, 2.24) is 9.78 Å². The van der Waals surface area contributed by atoms with Gasteiger partial charge in [-0.2, -0.15) is 5.10 Å². The van der Waals surface area contributed by atoms with E-state index in [9.17, 15) is 9.59 Å². The van der Waals surface area contributed by atoms with Crippen molar-refractivity contribution in [1.29, 1.82) is 0 Å². The van der Waals surface area contributed by atoms with Crippen LogP contribution in [0.5, 0.6) is 5.75 Å². The summed E-state index contributed by atoms with van der Waals surface area (Å²) in [6.45, 7) is 4.90. The van der Waals surface area contributed by atoms with Gasteiger partial charge < -0.3 is 14.8 Å². The molecule has 0 aliphatic heterocycles. The van der Waals surface area contributed by atoms with Crippen molar-refractivity contribution in [2.75, 3.05) is 18.5 Å². The Hall–Kier alpha value is -2.83. The van der Waals surface area contributed by atoms with Crippen molar-refractivity contribution in [2.45, 2.75) is 20.8 Å². The molecule has 0 saturated carbocycles. The summed E-state index contributed by atoms with van der Waals surface area (Å²) in [4.78, 5) is 23.6. The lowest BCUT2D eigenvalue weighted by Crippen LogP contribution is -2.24. The zero-order valence-corrected chi connectivity index (χ0v) is 14.3. The molecule has 1 aromatic carbocycles. The van der Waals surface area contributed by atoms with Crippen LogP contribution in [0.2, 0.25) is 0 Å². The molecule has 1 N–H and O–H groups in total. The molecule has 0 saturated heterocycles. The lowest BCUT2D eigenvalue weighted by atomic mass is 10.2. The number of hydrogen-bond acceptors (Lipinski definition) is 5. The third-order valence-corrected chi connectivity index (χ3v) is 3.58. The molecule has 0 unspecified atom stereocenters. The van der Waals surface area contributed by atoms with Crippen molar-refractivity contribution >= 4 is 17.6 Å². The molecule has 0 bridgehead atoms. The number of nitrogens with one attached hydrogen (secondary N) is 1. The number of para-hydroxylation sites is 1. The number of ether oxygens (including phenoxy) is 2. The molecule has 1 amide bonds. The van der Waals surface area contributed by atoms with E-state index in [0.717, 1.165) is 11.3 Å². The van der Waals surface area contributed by atoms with Crippen molar-refractivity contribution < 1.29 is 19.1 Å². The Morgan fingerprint density at radius 2 is 1.88 bits per heavy atom. The highest BCUT2D eigenvalue weighted by molar-refractivity contribution is 5.93. The molecule has 24 heavy (non-hydrogen) atoms. The normalized spacial score (nSPS) is 10.3. The molecular weight excluding hydrogens is 310 g/mol. The van der Waals surface area contributed by atoms with E-state index < -0.39 is 11.9 Å². The summed E-state index contributed by atoms with van der Waals surface area (Å²) in [5.74, 6) is -0.410. The van der Waals surface area contributed by atoms with Crippen LogP contribution in [0, 0.1) is 20.8 Å². The molecule has 7 heteroatoms. The second-order valence-corrected chi connectivity index (χ2v) is 5.43. The first-order valence-corrected chi connectivity index (χ1v) is 7.52. The van der Waals surface area contributed by atoms with Gasteiger partial charge in [0.15, 0.2) is 13.2 Å². The van der Waals surface area contributed by atoms with Crippen LogP contribution in [-0.4, -0.2) is 34.9 Å². The maximum Gasteiger partial charge on any atom is 0.344 e. The number of amides is 1. The highest BCUT2D eigenvalue weighted by atomic mass is 16.6. The number of benzene rings is 1. The Kier molecular flexibility index (Phi) is 5.57. The molecule has 0 atom stereocenters. The van der Waals surface area contributed by atoms with Crippen LogP contribution >= 0.6 is 0 Å². The van der Waals surface area contributed by atoms with Crippen molar-refractivity contribution in [3.05, 3.63) is 41.2 Å². The van der Waals surface area contributed by atoms with Crippen LogP contribution < -0.4 is 10.1 Å². The number of rotatable bonds is 6. The maximum absolute atomic E-state index is 11.9. The summed E-state index contributed by atoms with van der Waals surface area (Å²) in [5.41, 5.74) is 3.09. The zero-order valence-electron chi connectivity index (χ0n) is 14.3. The third-order valence-electron chi connectivity index (χ3n) is 3.58. The van der Waals surface area contributed by atoms with Crippen LogP contribution in [0.1, 0.15) is 17.0 Å². The lowest BCUT2D eigenvalue weighted by Gasteiger charge is -2.09. The van der Waals surface area contributed by atoms with E-state index >= 15 is 0 Å². The Labute approximate surface area is 140 Å². The summed E-state index contributed by atoms with van der Waals surface area (Å²) in [5, 5.41) is 6.90. The van der Waals surface area contributed by atoms with E-state index in [1.807, 2.05) is 32.0 Å². The molecule has 1 aromatic heterocycles. The molecular formula is C17H21N3O4. The molecule has 0 fully saturated rings. The van der Waals surface area contributed by atoms with Gasteiger partial charge in [-0.15, -0.1) is 0 Å². The molecule has 128 valence electrons. The first kappa shape index (κ1) is 17.5. The summed E-state index contributed by atoms with van der Waals surface area (Å²) in [6, 6.07) is 7.35. The predicted molar refractivity (Wildman–Crippen MR) is 88.9 cm³/mol. The van der Waals surface area contributed by atoms with Crippen molar-refractivity contribution in [2.24, 2.45) is 7.05 Å². The number of anilines is 1. The smallest absolute Gasteiger partial charge is 0.344 e. The SMILES string of the molecule is Cc1ccccc1OCC(=O)OCC(=O)Nc1c(C)nn(C)c1C. The van der Waals surface area contributed by atoms with Gasteiger partial charge in [0.2, 0.25) is 0 Å². The molecule has 1 heterocycles. The fraction of sp³-hybridized carbons (Fsp3) is 0.353. The Balaban J connectivity index is 1.79. The van der Waals surface area contributed by atoms with Crippen molar-refractivity contribution in [3.8, 4) is 5.75 Å². The molecule has 0 aliphatic rings. The first-order chi connectivity index (χ1) is 11.4. The molecule has 0 radical (unpaired) electrons. The largest absolute Gasteiger partial charge is 0.482 e. The van der Waals surface area contributed by atoms with Gasteiger partial charge in [0.05, 0.1) is 17.1 Å². The van der Waals surface area contributed by atoms with Gasteiger partial charge in [0.1, 0.15) is 5.75 Å². The minimum Gasteiger partial charge on any atom is -0.482 e. The van der Waals surface area contributed by atoms with Gasteiger partial charge in [0.25, 0.3) is 5.91 Å². The Bertz CT molecular complexity index is 752. The number of carbonyl (C=O) groups is 2. The second kappa shape index (κ2) is 7.63. The summed E-state index contributed by atoms with van der Waals surface area (Å²) >= 11 is 0. The van der Waals surface area contributed by atoms with Crippen LogP contribution in [0.4, 0.5) is 5.69 Å². The van der Waals surface area contributed by atoms with E-state index in [0.29, 0.717) is 17.1 Å². The summed E-state index contributed by atoms with van der Waals surface area (Å²) in [7, 11) is 1.79. The van der Waals surface area contributed by atoms with Crippen LogP contribution in [0.15, 0.2) is 24.3 Å². The Morgan fingerprint density at radius 1 is 1.17 bits per heavy atom. The number of carbonyl (C=O) groups excluding carboxylic acids is 2. The van der Waals surface area contributed by atoms with Crippen molar-refractivity contribution in [3.63, 3.8) is 0 Å². The van der Waals surface area contributed by atoms with Gasteiger partial charge >= 0.3 is 5.97 Å².